The van der Waals surface area contributed by atoms with Gasteiger partial charge in [-0.1, -0.05) is 19.3 Å². The molecule has 0 bridgehead atoms. The summed E-state index contributed by atoms with van der Waals surface area (Å²) < 4.78 is 0.869. The predicted octanol–water partition coefficient (Wildman–Crippen LogP) is 4.43. The van der Waals surface area contributed by atoms with Gasteiger partial charge in [0.05, 0.1) is 0 Å². The Bertz CT molecular complexity index is 415. The first-order valence-electron chi connectivity index (χ1n) is 6.24. The van der Waals surface area contributed by atoms with Gasteiger partial charge in [0.25, 0.3) is 5.91 Å². The van der Waals surface area contributed by atoms with E-state index >= 15 is 0 Å². The van der Waals surface area contributed by atoms with E-state index in [4.69, 9.17) is 11.6 Å². The molecule has 0 atom stereocenters. The maximum absolute atomic E-state index is 12.1. The van der Waals surface area contributed by atoms with Crippen molar-refractivity contribution in [2.45, 2.75) is 32.1 Å². The van der Waals surface area contributed by atoms with Gasteiger partial charge in [0.15, 0.2) is 0 Å². The van der Waals surface area contributed by atoms with Crippen LogP contribution in [0.1, 0.15) is 41.8 Å². The SMILES string of the molecule is O=C(NCC1(CCl)CCCCC1)c1sccc1Br. The largest absolute Gasteiger partial charge is 0.351 e. The number of carbonyl (C=O) groups is 1. The minimum absolute atomic E-state index is 0.00643. The molecule has 0 aliphatic heterocycles. The van der Waals surface area contributed by atoms with Gasteiger partial charge in [0.2, 0.25) is 0 Å². The number of amides is 1. The summed E-state index contributed by atoms with van der Waals surface area (Å²) in [6.07, 6.45) is 6.00. The normalized spacial score (nSPS) is 18.6. The predicted molar refractivity (Wildman–Crippen MR) is 80.6 cm³/mol. The van der Waals surface area contributed by atoms with Gasteiger partial charge in [-0.15, -0.1) is 22.9 Å². The molecule has 1 amide bonds. The van der Waals surface area contributed by atoms with E-state index in [2.05, 4.69) is 21.2 Å². The lowest BCUT2D eigenvalue weighted by Gasteiger charge is -2.35. The molecule has 1 heterocycles. The first-order chi connectivity index (χ1) is 8.67. The lowest BCUT2D eigenvalue weighted by atomic mass is 9.75. The molecule has 1 aliphatic carbocycles. The van der Waals surface area contributed by atoms with Crippen LogP contribution in [0.2, 0.25) is 0 Å². The second-order valence-corrected chi connectivity index (χ2v) is 7.01. The van der Waals surface area contributed by atoms with E-state index in [0.29, 0.717) is 12.4 Å². The van der Waals surface area contributed by atoms with Crippen molar-refractivity contribution in [2.75, 3.05) is 12.4 Å². The summed E-state index contributed by atoms with van der Waals surface area (Å²) in [5.74, 6) is 0.644. The number of hydrogen-bond acceptors (Lipinski definition) is 2. The smallest absolute Gasteiger partial charge is 0.262 e. The average molecular weight is 351 g/mol. The van der Waals surface area contributed by atoms with Crippen LogP contribution >= 0.6 is 38.9 Å². The lowest BCUT2D eigenvalue weighted by molar-refractivity contribution is 0.0924. The fourth-order valence-corrected chi connectivity index (χ4v) is 4.29. The van der Waals surface area contributed by atoms with Crippen LogP contribution in [0, 0.1) is 5.41 Å². The highest BCUT2D eigenvalue weighted by atomic mass is 79.9. The van der Waals surface area contributed by atoms with Crippen LogP contribution in [0.4, 0.5) is 0 Å². The van der Waals surface area contributed by atoms with Crippen molar-refractivity contribution in [3.8, 4) is 0 Å². The zero-order valence-corrected chi connectivity index (χ0v) is 13.3. The summed E-state index contributed by atoms with van der Waals surface area (Å²) in [5.41, 5.74) is 0.110. The van der Waals surface area contributed by atoms with E-state index in [9.17, 15) is 4.79 Å². The second-order valence-electron chi connectivity index (χ2n) is 4.97. The third kappa shape index (κ3) is 3.28. The van der Waals surface area contributed by atoms with Crippen LogP contribution in [0.5, 0.6) is 0 Å². The number of carbonyl (C=O) groups excluding carboxylic acids is 1. The molecule has 1 N–H and O–H groups in total. The van der Waals surface area contributed by atoms with E-state index in [1.807, 2.05) is 11.4 Å². The van der Waals surface area contributed by atoms with Crippen LogP contribution < -0.4 is 5.32 Å². The van der Waals surface area contributed by atoms with Crippen molar-refractivity contribution in [3.05, 3.63) is 20.8 Å². The van der Waals surface area contributed by atoms with Crippen LogP contribution in [0.15, 0.2) is 15.9 Å². The van der Waals surface area contributed by atoms with E-state index in [-0.39, 0.29) is 11.3 Å². The number of hydrogen-bond donors (Lipinski definition) is 1. The molecule has 1 aliphatic rings. The summed E-state index contributed by atoms with van der Waals surface area (Å²) >= 11 is 11.0. The zero-order chi connectivity index (χ0) is 13.0. The van der Waals surface area contributed by atoms with Gasteiger partial charge in [-0.05, 0) is 40.2 Å². The molecule has 1 fully saturated rings. The highest BCUT2D eigenvalue weighted by molar-refractivity contribution is 9.10. The molecular weight excluding hydrogens is 334 g/mol. The van der Waals surface area contributed by atoms with Crippen molar-refractivity contribution in [3.63, 3.8) is 0 Å². The molecule has 5 heteroatoms. The van der Waals surface area contributed by atoms with Gasteiger partial charge in [-0.25, -0.2) is 0 Å². The Balaban J connectivity index is 1.94. The maximum atomic E-state index is 12.1. The summed E-state index contributed by atoms with van der Waals surface area (Å²) in [7, 11) is 0. The molecule has 2 nitrogen and oxygen atoms in total. The van der Waals surface area contributed by atoms with Crippen LogP contribution in [0.3, 0.4) is 0 Å². The van der Waals surface area contributed by atoms with E-state index in [0.717, 1.165) is 22.2 Å². The molecule has 1 saturated carbocycles. The standard InChI is InChI=1S/C13H17BrClNOS/c14-10-4-7-18-11(10)12(17)16-9-13(8-15)5-2-1-3-6-13/h4,7H,1-3,5-6,8-9H2,(H,16,17). The number of rotatable bonds is 4. The van der Waals surface area contributed by atoms with Gasteiger partial charge in [-0.2, -0.15) is 0 Å². The van der Waals surface area contributed by atoms with Crippen LogP contribution in [0.25, 0.3) is 0 Å². The van der Waals surface area contributed by atoms with E-state index < -0.39 is 0 Å². The van der Waals surface area contributed by atoms with Crippen molar-refractivity contribution >= 4 is 44.8 Å². The third-order valence-electron chi connectivity index (χ3n) is 3.65. The van der Waals surface area contributed by atoms with Crippen LogP contribution in [-0.4, -0.2) is 18.3 Å². The van der Waals surface area contributed by atoms with Crippen LogP contribution in [-0.2, 0) is 0 Å². The summed E-state index contributed by atoms with van der Waals surface area (Å²) in [4.78, 5) is 12.8. The van der Waals surface area contributed by atoms with Gasteiger partial charge in [-0.3, -0.25) is 4.79 Å². The van der Waals surface area contributed by atoms with E-state index in [1.54, 1.807) is 0 Å². The number of alkyl halides is 1. The lowest BCUT2D eigenvalue weighted by Crippen LogP contribution is -2.40. The van der Waals surface area contributed by atoms with Gasteiger partial charge < -0.3 is 5.32 Å². The molecule has 100 valence electrons. The monoisotopic (exact) mass is 349 g/mol. The zero-order valence-electron chi connectivity index (χ0n) is 10.2. The highest BCUT2D eigenvalue weighted by Gasteiger charge is 2.31. The Morgan fingerprint density at radius 2 is 2.17 bits per heavy atom. The molecule has 1 aromatic rings. The second kappa shape index (κ2) is 6.40. The number of thiophene rings is 1. The summed E-state index contributed by atoms with van der Waals surface area (Å²) in [6.45, 7) is 0.694. The molecule has 0 saturated heterocycles. The minimum Gasteiger partial charge on any atom is -0.351 e. The Kier molecular flexibility index (Phi) is 5.10. The molecule has 0 spiro atoms. The van der Waals surface area contributed by atoms with Gasteiger partial charge in [0, 0.05) is 22.3 Å². The fourth-order valence-electron chi connectivity index (χ4n) is 2.46. The van der Waals surface area contributed by atoms with Gasteiger partial charge >= 0.3 is 0 Å². The Hall–Kier alpha value is -0.0600. The van der Waals surface area contributed by atoms with Crippen molar-refractivity contribution in [2.24, 2.45) is 5.41 Å². The van der Waals surface area contributed by atoms with E-state index in [1.165, 1.54) is 30.6 Å². The van der Waals surface area contributed by atoms with Crippen molar-refractivity contribution in [1.29, 1.82) is 0 Å². The molecule has 1 aromatic heterocycles. The maximum Gasteiger partial charge on any atom is 0.262 e. The van der Waals surface area contributed by atoms with Crippen molar-refractivity contribution < 1.29 is 4.79 Å². The summed E-state index contributed by atoms with van der Waals surface area (Å²) in [6, 6.07) is 1.90. The van der Waals surface area contributed by atoms with Gasteiger partial charge in [0.1, 0.15) is 4.88 Å². The third-order valence-corrected chi connectivity index (χ3v) is 6.05. The number of halogens is 2. The topological polar surface area (TPSA) is 29.1 Å². The Morgan fingerprint density at radius 3 is 2.72 bits per heavy atom. The van der Waals surface area contributed by atoms with Crippen molar-refractivity contribution in [1.82, 2.24) is 5.32 Å². The fraction of sp³-hybridized carbons (Fsp3) is 0.615. The summed E-state index contributed by atoms with van der Waals surface area (Å²) in [5, 5.41) is 4.96. The Morgan fingerprint density at radius 1 is 1.44 bits per heavy atom. The molecule has 18 heavy (non-hydrogen) atoms. The Labute approximate surface area is 125 Å². The first kappa shape index (κ1) is 14.4. The molecular formula is C13H17BrClNOS. The molecule has 0 radical (unpaired) electrons. The quantitative estimate of drug-likeness (QED) is 0.800. The highest BCUT2D eigenvalue weighted by Crippen LogP contribution is 2.37. The minimum atomic E-state index is 0.00643. The number of nitrogens with one attached hydrogen (secondary N) is 1. The molecule has 0 aromatic carbocycles. The molecule has 0 unspecified atom stereocenters. The first-order valence-corrected chi connectivity index (χ1v) is 8.45. The molecule has 2 rings (SSSR count). The average Bonchev–Trinajstić information content (AvgIpc) is 2.83.